The van der Waals surface area contributed by atoms with E-state index in [1.54, 1.807) is 34.7 Å². The number of fused-ring (bicyclic) bond motifs is 2. The fourth-order valence-corrected chi connectivity index (χ4v) is 10.3. The lowest BCUT2D eigenvalue weighted by molar-refractivity contribution is -0.140. The fraction of sp³-hybridized carbons (Fsp3) is 0.478. The van der Waals surface area contributed by atoms with Crippen molar-refractivity contribution in [1.82, 2.24) is 34.6 Å². The number of aliphatic hydroxyl groups is 1. The summed E-state index contributed by atoms with van der Waals surface area (Å²) >= 11 is 1.70. The number of phenols is 2. The normalized spacial score (nSPS) is 18.3. The summed E-state index contributed by atoms with van der Waals surface area (Å²) in [4.78, 5) is 54.5. The van der Waals surface area contributed by atoms with E-state index in [0.29, 0.717) is 94.8 Å². The maximum absolute atomic E-state index is 13.5. The summed E-state index contributed by atoms with van der Waals surface area (Å²) in [6, 6.07) is 10.9. The molecule has 0 saturated carbocycles. The van der Waals surface area contributed by atoms with E-state index in [-0.39, 0.29) is 47.2 Å². The summed E-state index contributed by atoms with van der Waals surface area (Å²) in [6.07, 6.45) is 6.11. The number of morpholine rings is 1. The molecule has 3 fully saturated rings. The number of anilines is 2. The molecule has 9 rings (SSSR count). The molecule has 4 aliphatic rings. The van der Waals surface area contributed by atoms with Crippen LogP contribution in [0.4, 0.5) is 11.8 Å². The number of phenolic OH excluding ortho intramolecular Hbond substituents is 2. The number of carbonyl (C=O) groups excluding carboxylic acids is 2. The smallest absolute Gasteiger partial charge is 0.258 e. The van der Waals surface area contributed by atoms with Gasteiger partial charge in [0.15, 0.2) is 11.6 Å². The van der Waals surface area contributed by atoms with Crippen LogP contribution in [0.25, 0.3) is 21.6 Å². The molecule has 2 aromatic carbocycles. The van der Waals surface area contributed by atoms with Gasteiger partial charge in [0.05, 0.1) is 53.2 Å². The molecule has 4 aliphatic heterocycles. The van der Waals surface area contributed by atoms with Gasteiger partial charge in [-0.25, -0.2) is 19.9 Å². The van der Waals surface area contributed by atoms with Crippen LogP contribution in [0, 0.1) is 5.92 Å². The van der Waals surface area contributed by atoms with Crippen LogP contribution in [-0.4, -0.2) is 126 Å². The number of ether oxygens (including phenoxy) is 2. The van der Waals surface area contributed by atoms with Gasteiger partial charge in [0, 0.05) is 82.2 Å². The number of hydrogen-bond donors (Lipinski definition) is 4. The lowest BCUT2D eigenvalue weighted by Gasteiger charge is -2.39. The molecule has 63 heavy (non-hydrogen) atoms. The molecular formula is C46H55N9O7S. The minimum Gasteiger partial charge on any atom is -0.508 e. The molecular weight excluding hydrogens is 823 g/mol. The number of carbonyl (C=O) groups is 2. The van der Waals surface area contributed by atoms with Crippen LogP contribution < -0.4 is 15.4 Å². The number of piperidine rings is 2. The van der Waals surface area contributed by atoms with Crippen LogP contribution >= 0.6 is 11.3 Å². The van der Waals surface area contributed by atoms with Gasteiger partial charge in [-0.15, -0.1) is 11.3 Å². The number of hydrogen-bond acceptors (Lipinski definition) is 15. The molecule has 2 amide bonds. The van der Waals surface area contributed by atoms with Gasteiger partial charge in [-0.05, 0) is 78.5 Å². The van der Waals surface area contributed by atoms with Crippen LogP contribution in [0.3, 0.4) is 0 Å². The van der Waals surface area contributed by atoms with E-state index in [1.165, 1.54) is 6.07 Å². The average Bonchev–Trinajstić information content (AvgIpc) is 3.90. The Bertz CT molecular complexity index is 2480. The molecule has 3 saturated heterocycles. The van der Waals surface area contributed by atoms with Crippen molar-refractivity contribution in [1.29, 1.82) is 0 Å². The summed E-state index contributed by atoms with van der Waals surface area (Å²) in [7, 11) is 0. The number of aromatic nitrogens is 4. The molecule has 5 aromatic rings. The van der Waals surface area contributed by atoms with E-state index >= 15 is 0 Å². The Kier molecular flexibility index (Phi) is 12.1. The summed E-state index contributed by atoms with van der Waals surface area (Å²) in [5.41, 5.74) is 9.10. The van der Waals surface area contributed by atoms with Gasteiger partial charge in [0.1, 0.15) is 17.2 Å². The van der Waals surface area contributed by atoms with Crippen molar-refractivity contribution >= 4 is 45.1 Å². The van der Waals surface area contributed by atoms with Crippen molar-refractivity contribution in [2.45, 2.75) is 77.1 Å². The number of nitrogens with two attached hydrogens (primary N) is 1. The minimum absolute atomic E-state index is 0.00396. The topological polar surface area (TPSA) is 204 Å². The lowest BCUT2D eigenvalue weighted by atomic mass is 9.87. The zero-order valence-electron chi connectivity index (χ0n) is 35.8. The van der Waals surface area contributed by atoms with Gasteiger partial charge >= 0.3 is 0 Å². The molecule has 0 aliphatic carbocycles. The van der Waals surface area contributed by atoms with Crippen LogP contribution in [0.15, 0.2) is 48.8 Å². The first-order valence-electron chi connectivity index (χ1n) is 21.9. The first kappa shape index (κ1) is 42.7. The molecule has 0 unspecified atom stereocenters. The van der Waals surface area contributed by atoms with E-state index in [4.69, 9.17) is 25.2 Å². The average molecular weight is 878 g/mol. The molecule has 0 spiro atoms. The van der Waals surface area contributed by atoms with Crippen molar-refractivity contribution in [3.05, 3.63) is 75.9 Å². The van der Waals surface area contributed by atoms with E-state index in [9.17, 15) is 24.9 Å². The molecule has 7 heterocycles. The highest BCUT2D eigenvalue weighted by molar-refractivity contribution is 7.19. The number of rotatable bonds is 11. The number of nitrogen functional groups attached to an aromatic ring is 1. The SMILES string of the molecule is CC(C)c1cc(C(=O)N2Cc3ccc(OCC4CCN(C(=O)CC5(O)CCN(Cc6cc7nc(-c8cnc(N)nc8)nc(N8CCOCC8)c7s6)CC5)CC4)cc3C2)c(O)cc1O. The number of likely N-dealkylation sites (tertiary alicyclic amines) is 2. The third-order valence-electron chi connectivity index (χ3n) is 12.9. The Balaban J connectivity index is 0.739. The third kappa shape index (κ3) is 9.37. The van der Waals surface area contributed by atoms with Gasteiger partial charge in [0.25, 0.3) is 5.91 Å². The van der Waals surface area contributed by atoms with Crippen molar-refractivity contribution in [2.75, 3.05) is 69.7 Å². The van der Waals surface area contributed by atoms with E-state index < -0.39 is 5.60 Å². The van der Waals surface area contributed by atoms with Crippen LogP contribution in [0.1, 0.15) is 83.8 Å². The highest BCUT2D eigenvalue weighted by atomic mass is 32.1. The molecule has 332 valence electrons. The zero-order chi connectivity index (χ0) is 43.8. The summed E-state index contributed by atoms with van der Waals surface area (Å²) in [6.45, 7) is 11.3. The fourth-order valence-electron chi connectivity index (χ4n) is 9.10. The van der Waals surface area contributed by atoms with Gasteiger partial charge in [-0.3, -0.25) is 14.5 Å². The van der Waals surface area contributed by atoms with Crippen molar-refractivity contribution in [3.63, 3.8) is 0 Å². The predicted octanol–water partition coefficient (Wildman–Crippen LogP) is 5.29. The molecule has 0 atom stereocenters. The second-order valence-corrected chi connectivity index (χ2v) is 18.9. The quantitative estimate of drug-likeness (QED) is 0.133. The first-order valence-corrected chi connectivity index (χ1v) is 22.7. The predicted molar refractivity (Wildman–Crippen MR) is 239 cm³/mol. The Hall–Kier alpha value is -5.62. The van der Waals surface area contributed by atoms with Crippen molar-refractivity contribution in [2.24, 2.45) is 5.92 Å². The molecule has 0 bridgehead atoms. The summed E-state index contributed by atoms with van der Waals surface area (Å²) in [5.74, 6) is 2.13. The minimum atomic E-state index is -1.03. The Morgan fingerprint density at radius 3 is 2.38 bits per heavy atom. The van der Waals surface area contributed by atoms with Gasteiger partial charge < -0.3 is 45.2 Å². The molecule has 16 nitrogen and oxygen atoms in total. The summed E-state index contributed by atoms with van der Waals surface area (Å²) < 4.78 is 12.9. The zero-order valence-corrected chi connectivity index (χ0v) is 36.6. The standard InChI is InChI=1S/C46H55N9O7S/c1-28(2)35-19-36(39(57)20-38(35)56)44(59)55-24-30-3-4-33(17-31(30)25-55)62-27-29-5-9-53(10-6-29)40(58)21-46(60)7-11-52(12-8-46)26-34-18-37-41(63-34)43(54-13-15-61-16-14-54)51-42(50-37)32-22-48-45(47)49-23-32/h3-4,17-20,22-23,28-29,56-57,60H,5-16,21,24-27H2,1-2H3,(H2,47,48,49). The first-order chi connectivity index (χ1) is 30.4. The van der Waals surface area contributed by atoms with Gasteiger partial charge in [0.2, 0.25) is 11.9 Å². The highest BCUT2D eigenvalue weighted by Gasteiger charge is 2.37. The number of aromatic hydroxyl groups is 2. The molecule has 17 heteroatoms. The highest BCUT2D eigenvalue weighted by Crippen LogP contribution is 2.38. The van der Waals surface area contributed by atoms with Crippen molar-refractivity contribution < 1.29 is 34.4 Å². The Labute approximate surface area is 370 Å². The summed E-state index contributed by atoms with van der Waals surface area (Å²) in [5, 5.41) is 32.3. The van der Waals surface area contributed by atoms with Crippen LogP contribution in [0.2, 0.25) is 0 Å². The van der Waals surface area contributed by atoms with Gasteiger partial charge in [-0.2, -0.15) is 0 Å². The molecule has 5 N–H and O–H groups in total. The van der Waals surface area contributed by atoms with E-state index in [2.05, 4.69) is 25.8 Å². The Morgan fingerprint density at radius 2 is 1.65 bits per heavy atom. The maximum atomic E-state index is 13.5. The second-order valence-electron chi connectivity index (χ2n) is 17.7. The third-order valence-corrected chi connectivity index (χ3v) is 14.0. The molecule has 3 aromatic heterocycles. The second kappa shape index (κ2) is 17.9. The van der Waals surface area contributed by atoms with E-state index in [0.717, 1.165) is 70.3 Å². The van der Waals surface area contributed by atoms with Crippen LogP contribution in [0.5, 0.6) is 17.2 Å². The lowest BCUT2D eigenvalue weighted by Crippen LogP contribution is -2.48. The molecule has 0 radical (unpaired) electrons. The van der Waals surface area contributed by atoms with Gasteiger partial charge in [-0.1, -0.05) is 19.9 Å². The monoisotopic (exact) mass is 877 g/mol. The number of benzene rings is 2. The number of thiophene rings is 1. The number of amides is 2. The largest absolute Gasteiger partial charge is 0.508 e. The maximum Gasteiger partial charge on any atom is 0.258 e. The Morgan fingerprint density at radius 1 is 0.921 bits per heavy atom. The number of nitrogens with zero attached hydrogens (tertiary/aromatic N) is 8. The van der Waals surface area contributed by atoms with Crippen LogP contribution in [-0.2, 0) is 29.2 Å². The van der Waals surface area contributed by atoms with Crippen molar-refractivity contribution in [3.8, 4) is 28.6 Å². The van der Waals surface area contributed by atoms with E-state index in [1.807, 2.05) is 36.9 Å².